The second kappa shape index (κ2) is 7.02. The maximum atomic E-state index is 12.4. The molecule has 124 valence electrons. The normalized spacial score (nSPS) is 22.0. The lowest BCUT2D eigenvalue weighted by Gasteiger charge is -2.33. The molecule has 2 heterocycles. The van der Waals surface area contributed by atoms with Gasteiger partial charge in [-0.15, -0.1) is 0 Å². The van der Waals surface area contributed by atoms with E-state index < -0.39 is 0 Å². The number of hydrogen-bond donors (Lipinski definition) is 1. The second-order valence-corrected chi connectivity index (χ2v) is 6.44. The Kier molecular flexibility index (Phi) is 4.84. The van der Waals surface area contributed by atoms with Crippen molar-refractivity contribution in [1.82, 2.24) is 10.2 Å². The Bertz CT molecular complexity index is 579. The summed E-state index contributed by atoms with van der Waals surface area (Å²) >= 11 is 0. The van der Waals surface area contributed by atoms with Crippen LogP contribution in [0.1, 0.15) is 31.2 Å². The van der Waals surface area contributed by atoms with Crippen molar-refractivity contribution in [3.8, 4) is 5.75 Å². The van der Waals surface area contributed by atoms with Crippen LogP contribution in [-0.4, -0.2) is 43.0 Å². The van der Waals surface area contributed by atoms with Crippen molar-refractivity contribution in [2.24, 2.45) is 5.92 Å². The predicted molar refractivity (Wildman–Crippen MR) is 87.2 cm³/mol. The van der Waals surface area contributed by atoms with Crippen molar-refractivity contribution in [1.29, 1.82) is 0 Å². The van der Waals surface area contributed by atoms with Crippen molar-refractivity contribution in [2.75, 3.05) is 20.2 Å². The molecule has 2 aliphatic rings. The lowest BCUT2D eigenvalue weighted by molar-refractivity contribution is -0.135. The Morgan fingerprint density at radius 1 is 1.26 bits per heavy atom. The van der Waals surface area contributed by atoms with E-state index >= 15 is 0 Å². The molecule has 1 aromatic carbocycles. The minimum Gasteiger partial charge on any atom is -0.496 e. The number of nitrogens with one attached hydrogen (secondary N) is 1. The molecule has 1 aromatic rings. The van der Waals surface area contributed by atoms with Crippen molar-refractivity contribution in [3.63, 3.8) is 0 Å². The summed E-state index contributed by atoms with van der Waals surface area (Å²) in [7, 11) is 1.70. The van der Waals surface area contributed by atoms with E-state index in [4.69, 9.17) is 4.74 Å². The van der Waals surface area contributed by atoms with Gasteiger partial charge in [-0.05, 0) is 43.2 Å². The summed E-state index contributed by atoms with van der Waals surface area (Å²) in [5, 5.41) is 2.77. The number of benzene rings is 1. The van der Waals surface area contributed by atoms with Gasteiger partial charge in [0, 0.05) is 19.5 Å². The standard InChI is InChI=1S/C18H24N2O3/c1-23-16-5-3-2-4-14(16)12-13-8-10-20(11-9-13)18(22)15-6-7-17(21)19-15/h2-5,13,15H,6-12H2,1H3,(H,19,21). The van der Waals surface area contributed by atoms with Crippen molar-refractivity contribution in [3.05, 3.63) is 29.8 Å². The highest BCUT2D eigenvalue weighted by molar-refractivity contribution is 5.90. The number of rotatable bonds is 4. The van der Waals surface area contributed by atoms with Crippen molar-refractivity contribution >= 4 is 11.8 Å². The molecule has 1 atom stereocenters. The number of carbonyl (C=O) groups is 2. The lowest BCUT2D eigenvalue weighted by atomic mass is 9.89. The van der Waals surface area contributed by atoms with Crippen LogP contribution < -0.4 is 10.1 Å². The average Bonchev–Trinajstić information content (AvgIpc) is 3.02. The van der Waals surface area contributed by atoms with Gasteiger partial charge in [0.25, 0.3) is 0 Å². The molecule has 2 saturated heterocycles. The van der Waals surface area contributed by atoms with Gasteiger partial charge in [-0.25, -0.2) is 0 Å². The zero-order chi connectivity index (χ0) is 16.2. The summed E-state index contributed by atoms with van der Waals surface area (Å²) in [4.78, 5) is 25.6. The van der Waals surface area contributed by atoms with Crippen LogP contribution in [0.5, 0.6) is 5.75 Å². The number of hydrogen-bond acceptors (Lipinski definition) is 3. The van der Waals surface area contributed by atoms with Gasteiger partial charge < -0.3 is 15.0 Å². The summed E-state index contributed by atoms with van der Waals surface area (Å²) in [6.07, 6.45) is 4.11. The van der Waals surface area contributed by atoms with E-state index in [0.29, 0.717) is 18.8 Å². The van der Waals surface area contributed by atoms with Crippen LogP contribution >= 0.6 is 0 Å². The molecule has 0 spiro atoms. The summed E-state index contributed by atoms with van der Waals surface area (Å²) in [6, 6.07) is 7.84. The topological polar surface area (TPSA) is 58.6 Å². The molecule has 23 heavy (non-hydrogen) atoms. The lowest BCUT2D eigenvalue weighted by Crippen LogP contribution is -2.47. The van der Waals surface area contributed by atoms with Crippen LogP contribution in [0.4, 0.5) is 0 Å². The molecule has 2 amide bonds. The van der Waals surface area contributed by atoms with Crippen molar-refractivity contribution < 1.29 is 14.3 Å². The first-order valence-corrected chi connectivity index (χ1v) is 8.37. The summed E-state index contributed by atoms with van der Waals surface area (Å²) in [6.45, 7) is 1.57. The number of likely N-dealkylation sites (tertiary alicyclic amines) is 1. The van der Waals surface area contributed by atoms with Crippen molar-refractivity contribution in [2.45, 2.75) is 38.1 Å². The van der Waals surface area contributed by atoms with Gasteiger partial charge in [0.2, 0.25) is 11.8 Å². The summed E-state index contributed by atoms with van der Waals surface area (Å²) in [5.74, 6) is 1.61. The smallest absolute Gasteiger partial charge is 0.245 e. The molecular weight excluding hydrogens is 292 g/mol. The van der Waals surface area contributed by atoms with Crippen LogP contribution in [0.2, 0.25) is 0 Å². The largest absolute Gasteiger partial charge is 0.496 e. The third-order valence-corrected chi connectivity index (χ3v) is 4.92. The number of nitrogens with zero attached hydrogens (tertiary/aromatic N) is 1. The van der Waals surface area contributed by atoms with Crippen LogP contribution in [-0.2, 0) is 16.0 Å². The molecule has 5 nitrogen and oxygen atoms in total. The Morgan fingerprint density at radius 3 is 2.65 bits per heavy atom. The zero-order valence-electron chi connectivity index (χ0n) is 13.6. The minimum absolute atomic E-state index is 0.00518. The Balaban J connectivity index is 1.52. The maximum absolute atomic E-state index is 12.4. The van der Waals surface area contributed by atoms with Crippen LogP contribution in [0.3, 0.4) is 0 Å². The number of ether oxygens (including phenoxy) is 1. The fraction of sp³-hybridized carbons (Fsp3) is 0.556. The zero-order valence-corrected chi connectivity index (χ0v) is 13.6. The quantitative estimate of drug-likeness (QED) is 0.921. The Hall–Kier alpha value is -2.04. The molecule has 5 heteroatoms. The van der Waals surface area contributed by atoms with Crippen LogP contribution in [0.25, 0.3) is 0 Å². The molecule has 0 radical (unpaired) electrons. The number of carbonyl (C=O) groups excluding carboxylic acids is 2. The van der Waals surface area contributed by atoms with Gasteiger partial charge in [0.15, 0.2) is 0 Å². The van der Waals surface area contributed by atoms with Gasteiger partial charge in [-0.2, -0.15) is 0 Å². The molecule has 1 N–H and O–H groups in total. The van der Waals surface area contributed by atoms with Gasteiger partial charge in [-0.1, -0.05) is 18.2 Å². The van der Waals surface area contributed by atoms with E-state index in [1.54, 1.807) is 7.11 Å². The van der Waals surface area contributed by atoms with Gasteiger partial charge >= 0.3 is 0 Å². The first-order chi connectivity index (χ1) is 11.2. The first kappa shape index (κ1) is 15.8. The number of methoxy groups -OCH3 is 1. The first-order valence-electron chi connectivity index (χ1n) is 8.37. The highest BCUT2D eigenvalue weighted by Gasteiger charge is 2.32. The predicted octanol–water partition coefficient (Wildman–Crippen LogP) is 1.75. The summed E-state index contributed by atoms with van der Waals surface area (Å²) in [5.41, 5.74) is 1.24. The summed E-state index contributed by atoms with van der Waals surface area (Å²) < 4.78 is 5.42. The average molecular weight is 316 g/mol. The third-order valence-electron chi connectivity index (χ3n) is 4.92. The molecule has 2 fully saturated rings. The molecule has 1 unspecified atom stereocenters. The molecule has 0 bridgehead atoms. The number of piperidine rings is 1. The molecule has 0 aliphatic carbocycles. The highest BCUT2D eigenvalue weighted by atomic mass is 16.5. The van der Waals surface area contributed by atoms with E-state index in [-0.39, 0.29) is 17.9 Å². The third kappa shape index (κ3) is 3.66. The second-order valence-electron chi connectivity index (χ2n) is 6.44. The van der Waals surface area contributed by atoms with Gasteiger partial charge in [0.1, 0.15) is 11.8 Å². The van der Waals surface area contributed by atoms with E-state index in [0.717, 1.165) is 38.1 Å². The Morgan fingerprint density at radius 2 is 2.00 bits per heavy atom. The van der Waals surface area contributed by atoms with Gasteiger partial charge in [-0.3, -0.25) is 9.59 Å². The number of amides is 2. The van der Waals surface area contributed by atoms with Crippen LogP contribution in [0.15, 0.2) is 24.3 Å². The molecule has 2 aliphatic heterocycles. The Labute approximate surface area is 137 Å². The van der Waals surface area contributed by atoms with Gasteiger partial charge in [0.05, 0.1) is 7.11 Å². The SMILES string of the molecule is COc1ccccc1CC1CCN(C(=O)C2CCC(=O)N2)CC1. The fourth-order valence-electron chi connectivity index (χ4n) is 3.56. The molecule has 3 rings (SSSR count). The minimum atomic E-state index is -0.298. The van der Waals surface area contributed by atoms with E-state index in [1.165, 1.54) is 5.56 Å². The molecule has 0 aromatic heterocycles. The highest BCUT2D eigenvalue weighted by Crippen LogP contribution is 2.27. The monoisotopic (exact) mass is 316 g/mol. The van der Waals surface area contributed by atoms with E-state index in [9.17, 15) is 9.59 Å². The molecular formula is C18H24N2O3. The van der Waals surface area contributed by atoms with E-state index in [1.807, 2.05) is 23.1 Å². The fourth-order valence-corrected chi connectivity index (χ4v) is 3.56. The van der Waals surface area contributed by atoms with E-state index in [2.05, 4.69) is 11.4 Å². The number of para-hydroxylation sites is 1. The molecule has 0 saturated carbocycles. The maximum Gasteiger partial charge on any atom is 0.245 e. The van der Waals surface area contributed by atoms with Crippen LogP contribution in [0, 0.1) is 5.92 Å².